The van der Waals surface area contributed by atoms with Crippen molar-refractivity contribution in [1.82, 2.24) is 0 Å². The van der Waals surface area contributed by atoms with Crippen LogP contribution in [0.1, 0.15) is 27.0 Å². The van der Waals surface area contributed by atoms with Crippen LogP contribution in [-0.4, -0.2) is 33.2 Å². The fraction of sp³-hybridized carbons (Fsp3) is 0.158. The van der Waals surface area contributed by atoms with Gasteiger partial charge in [0.2, 0.25) is 0 Å². The van der Waals surface area contributed by atoms with Crippen LogP contribution in [-0.2, 0) is 14.6 Å². The van der Waals surface area contributed by atoms with E-state index in [1.807, 2.05) is 24.3 Å². The Morgan fingerprint density at radius 3 is 2.37 bits per heavy atom. The summed E-state index contributed by atoms with van der Waals surface area (Å²) in [4.78, 5) is 25.2. The quantitative estimate of drug-likeness (QED) is 0.656. The van der Waals surface area contributed by atoms with Gasteiger partial charge in [-0.3, -0.25) is 4.79 Å². The third-order valence-electron chi connectivity index (χ3n) is 4.06. The third-order valence-corrected chi connectivity index (χ3v) is 6.96. The van der Waals surface area contributed by atoms with Crippen LogP contribution in [0.2, 0.25) is 0 Å². The van der Waals surface area contributed by atoms with E-state index in [4.69, 9.17) is 4.74 Å². The first-order chi connectivity index (χ1) is 12.9. The number of esters is 1. The molecule has 1 N–H and O–H groups in total. The molecule has 0 fully saturated rings. The number of hydrogen-bond acceptors (Lipinski definition) is 6. The highest BCUT2D eigenvalue weighted by Crippen LogP contribution is 2.36. The van der Waals surface area contributed by atoms with Crippen molar-refractivity contribution in [3.05, 3.63) is 59.0 Å². The summed E-state index contributed by atoms with van der Waals surface area (Å²) in [6, 6.07) is 13.0. The standard InChI is InChI=1S/C19H17NO5S2/c1-3-27(23,24)13-10-8-12(9-11-13)18(21)20-16-14-6-4-5-7-15(14)26-17(16)19(22)25-2/h4-11H,3H2,1-2H3,(H,20,21). The second kappa shape index (κ2) is 7.50. The van der Waals surface area contributed by atoms with E-state index in [9.17, 15) is 18.0 Å². The first-order valence-corrected chi connectivity index (χ1v) is 10.6. The summed E-state index contributed by atoms with van der Waals surface area (Å²) in [5.41, 5.74) is 0.675. The normalized spacial score (nSPS) is 11.3. The molecule has 1 amide bonds. The molecule has 2 aromatic carbocycles. The van der Waals surface area contributed by atoms with Crippen LogP contribution >= 0.6 is 11.3 Å². The van der Waals surface area contributed by atoms with Gasteiger partial charge in [-0.15, -0.1) is 11.3 Å². The number of carbonyl (C=O) groups excluding carboxylic acids is 2. The number of methoxy groups -OCH3 is 1. The van der Waals surface area contributed by atoms with Crippen molar-refractivity contribution in [1.29, 1.82) is 0 Å². The van der Waals surface area contributed by atoms with Gasteiger partial charge in [0.05, 0.1) is 23.4 Å². The molecule has 6 nitrogen and oxygen atoms in total. The van der Waals surface area contributed by atoms with Gasteiger partial charge in [0.15, 0.2) is 9.84 Å². The third kappa shape index (κ3) is 3.72. The predicted molar refractivity (Wildman–Crippen MR) is 105 cm³/mol. The smallest absolute Gasteiger partial charge is 0.350 e. The average Bonchev–Trinajstić information content (AvgIpc) is 3.06. The van der Waals surface area contributed by atoms with Gasteiger partial charge < -0.3 is 10.1 Å². The Labute approximate surface area is 160 Å². The molecule has 0 aliphatic rings. The summed E-state index contributed by atoms with van der Waals surface area (Å²) in [5.74, 6) is -0.984. The average molecular weight is 403 g/mol. The first-order valence-electron chi connectivity index (χ1n) is 8.11. The van der Waals surface area contributed by atoms with Gasteiger partial charge in [0.25, 0.3) is 5.91 Å². The van der Waals surface area contributed by atoms with E-state index < -0.39 is 21.7 Å². The largest absolute Gasteiger partial charge is 0.465 e. The number of fused-ring (bicyclic) bond motifs is 1. The summed E-state index contributed by atoms with van der Waals surface area (Å²) >= 11 is 1.23. The topological polar surface area (TPSA) is 89.5 Å². The van der Waals surface area contributed by atoms with Gasteiger partial charge in [-0.25, -0.2) is 13.2 Å². The van der Waals surface area contributed by atoms with Crippen molar-refractivity contribution in [3.63, 3.8) is 0 Å². The highest BCUT2D eigenvalue weighted by Gasteiger charge is 2.21. The summed E-state index contributed by atoms with van der Waals surface area (Å²) in [6.45, 7) is 1.56. The predicted octanol–water partition coefficient (Wildman–Crippen LogP) is 3.73. The summed E-state index contributed by atoms with van der Waals surface area (Å²) in [5, 5.41) is 3.50. The second-order valence-electron chi connectivity index (χ2n) is 5.68. The number of thiophene rings is 1. The van der Waals surface area contributed by atoms with Gasteiger partial charge in [0, 0.05) is 15.6 Å². The van der Waals surface area contributed by atoms with Crippen LogP contribution in [0.3, 0.4) is 0 Å². The Kier molecular flexibility index (Phi) is 5.29. The lowest BCUT2D eigenvalue weighted by Crippen LogP contribution is -2.14. The van der Waals surface area contributed by atoms with Gasteiger partial charge in [-0.1, -0.05) is 25.1 Å². The zero-order valence-electron chi connectivity index (χ0n) is 14.7. The number of rotatable bonds is 5. The molecule has 1 aromatic heterocycles. The number of benzene rings is 2. The number of sulfone groups is 1. The maximum Gasteiger partial charge on any atom is 0.350 e. The Bertz CT molecular complexity index is 1110. The molecule has 0 radical (unpaired) electrons. The molecule has 0 atom stereocenters. The van der Waals surface area contributed by atoms with Crippen molar-refractivity contribution in [2.75, 3.05) is 18.2 Å². The van der Waals surface area contributed by atoms with E-state index in [0.29, 0.717) is 10.6 Å². The lowest BCUT2D eigenvalue weighted by atomic mass is 10.2. The molecule has 3 aromatic rings. The van der Waals surface area contributed by atoms with E-state index >= 15 is 0 Å². The highest BCUT2D eigenvalue weighted by molar-refractivity contribution is 7.91. The minimum Gasteiger partial charge on any atom is -0.465 e. The van der Waals surface area contributed by atoms with E-state index in [1.54, 1.807) is 6.92 Å². The molecule has 8 heteroatoms. The number of hydrogen-bond donors (Lipinski definition) is 1. The number of ether oxygens (including phenoxy) is 1. The molecule has 0 spiro atoms. The Morgan fingerprint density at radius 2 is 1.74 bits per heavy atom. The maximum atomic E-state index is 12.6. The van der Waals surface area contributed by atoms with Crippen LogP contribution in [0.5, 0.6) is 0 Å². The molecule has 0 saturated carbocycles. The molecule has 1 heterocycles. The van der Waals surface area contributed by atoms with Gasteiger partial charge >= 0.3 is 5.97 Å². The summed E-state index contributed by atoms with van der Waals surface area (Å²) in [7, 11) is -2.05. The Balaban J connectivity index is 1.95. The number of nitrogens with one attached hydrogen (secondary N) is 1. The minimum absolute atomic E-state index is 0.0120. The van der Waals surface area contributed by atoms with Crippen LogP contribution in [0.25, 0.3) is 10.1 Å². The van der Waals surface area contributed by atoms with Crippen LogP contribution in [0, 0.1) is 0 Å². The molecular weight excluding hydrogens is 386 g/mol. The van der Waals surface area contributed by atoms with Crippen molar-refractivity contribution in [2.24, 2.45) is 0 Å². The fourth-order valence-corrected chi connectivity index (χ4v) is 4.53. The Morgan fingerprint density at radius 1 is 1.07 bits per heavy atom. The van der Waals surface area contributed by atoms with Gasteiger partial charge in [0.1, 0.15) is 4.88 Å². The number of amides is 1. The van der Waals surface area contributed by atoms with E-state index in [2.05, 4.69) is 5.32 Å². The van der Waals surface area contributed by atoms with Gasteiger partial charge in [-0.2, -0.15) is 0 Å². The number of anilines is 1. The molecule has 0 aliphatic heterocycles. The molecule has 0 unspecified atom stereocenters. The lowest BCUT2D eigenvalue weighted by Gasteiger charge is -2.08. The van der Waals surface area contributed by atoms with E-state index in [1.165, 1.54) is 42.7 Å². The Hall–Kier alpha value is -2.71. The first kappa shape index (κ1) is 19.1. The maximum absolute atomic E-state index is 12.6. The second-order valence-corrected chi connectivity index (χ2v) is 9.01. The highest BCUT2D eigenvalue weighted by atomic mass is 32.2. The monoisotopic (exact) mass is 403 g/mol. The molecule has 0 aliphatic carbocycles. The number of carbonyl (C=O) groups is 2. The van der Waals surface area contributed by atoms with Crippen LogP contribution in [0.4, 0.5) is 5.69 Å². The molecule has 0 bridgehead atoms. The molecular formula is C19H17NO5S2. The van der Waals surface area contributed by atoms with Gasteiger partial charge in [-0.05, 0) is 30.3 Å². The lowest BCUT2D eigenvalue weighted by molar-refractivity contribution is 0.0607. The van der Waals surface area contributed by atoms with Crippen LogP contribution in [0.15, 0.2) is 53.4 Å². The molecule has 140 valence electrons. The van der Waals surface area contributed by atoms with E-state index in [-0.39, 0.29) is 16.2 Å². The van der Waals surface area contributed by atoms with Crippen molar-refractivity contribution in [3.8, 4) is 0 Å². The molecule has 27 heavy (non-hydrogen) atoms. The van der Waals surface area contributed by atoms with Crippen molar-refractivity contribution in [2.45, 2.75) is 11.8 Å². The van der Waals surface area contributed by atoms with Crippen LogP contribution < -0.4 is 5.32 Å². The van der Waals surface area contributed by atoms with Crippen molar-refractivity contribution < 1.29 is 22.7 Å². The SMILES string of the molecule is CCS(=O)(=O)c1ccc(C(=O)Nc2c(C(=O)OC)sc3ccccc23)cc1. The minimum atomic E-state index is -3.33. The van der Waals surface area contributed by atoms with Crippen molar-refractivity contribution >= 4 is 48.8 Å². The fourth-order valence-electron chi connectivity index (χ4n) is 2.57. The zero-order valence-corrected chi connectivity index (χ0v) is 16.3. The van der Waals surface area contributed by atoms with E-state index in [0.717, 1.165) is 10.1 Å². The molecule has 3 rings (SSSR count). The zero-order chi connectivity index (χ0) is 19.6. The summed E-state index contributed by atoms with van der Waals surface area (Å²) < 4.78 is 29.4. The molecule has 0 saturated heterocycles. The summed E-state index contributed by atoms with van der Waals surface area (Å²) in [6.07, 6.45) is 0.